The number of carbonyl (C=O) groups is 2. The number of thiophene rings is 1. The number of nitrogens with zero attached hydrogens (tertiary/aromatic N) is 3. The van der Waals surface area contributed by atoms with Gasteiger partial charge in [-0.05, 0) is 37.0 Å². The van der Waals surface area contributed by atoms with E-state index in [1.807, 2.05) is 35.2 Å². The maximum absolute atomic E-state index is 12.9. The van der Waals surface area contributed by atoms with Crippen molar-refractivity contribution in [3.8, 4) is 6.07 Å². The van der Waals surface area contributed by atoms with Crippen LogP contribution in [0.2, 0.25) is 0 Å². The molecule has 2 amide bonds. The van der Waals surface area contributed by atoms with Gasteiger partial charge in [-0.25, -0.2) is 0 Å². The van der Waals surface area contributed by atoms with Crippen molar-refractivity contribution in [1.82, 2.24) is 14.8 Å². The third-order valence-electron chi connectivity index (χ3n) is 6.36. The lowest BCUT2D eigenvalue weighted by atomic mass is 10.1. The molecule has 32 heavy (non-hydrogen) atoms. The van der Waals surface area contributed by atoms with Gasteiger partial charge in [-0.2, -0.15) is 5.26 Å². The van der Waals surface area contributed by atoms with Crippen LogP contribution in [0.1, 0.15) is 39.3 Å². The van der Waals surface area contributed by atoms with Crippen molar-refractivity contribution in [3.05, 3.63) is 52.0 Å². The van der Waals surface area contributed by atoms with Crippen LogP contribution >= 0.6 is 11.3 Å². The number of rotatable bonds is 5. The Labute approximate surface area is 190 Å². The van der Waals surface area contributed by atoms with E-state index in [2.05, 4.69) is 21.3 Å². The Morgan fingerprint density at radius 3 is 2.75 bits per heavy atom. The smallest absolute Gasteiger partial charge is 0.270 e. The van der Waals surface area contributed by atoms with Gasteiger partial charge in [-0.3, -0.25) is 14.5 Å². The van der Waals surface area contributed by atoms with E-state index < -0.39 is 0 Å². The van der Waals surface area contributed by atoms with E-state index in [-0.39, 0.29) is 11.8 Å². The number of nitriles is 1. The number of aromatic nitrogens is 1. The van der Waals surface area contributed by atoms with Gasteiger partial charge in [0.15, 0.2) is 0 Å². The van der Waals surface area contributed by atoms with Gasteiger partial charge in [0, 0.05) is 54.9 Å². The van der Waals surface area contributed by atoms with E-state index >= 15 is 0 Å². The van der Waals surface area contributed by atoms with Crippen LogP contribution < -0.4 is 5.32 Å². The number of amides is 2. The Bertz CT molecular complexity index is 1180. The molecule has 3 aromatic rings. The van der Waals surface area contributed by atoms with Crippen LogP contribution in [-0.2, 0) is 17.6 Å². The molecule has 7 nitrogen and oxygen atoms in total. The van der Waals surface area contributed by atoms with Gasteiger partial charge in [0.1, 0.15) is 16.8 Å². The molecule has 5 rings (SSSR count). The lowest BCUT2D eigenvalue weighted by Gasteiger charge is -2.34. The second-order valence-electron chi connectivity index (χ2n) is 8.38. The molecule has 0 radical (unpaired) electrons. The van der Waals surface area contributed by atoms with Crippen molar-refractivity contribution in [2.45, 2.75) is 25.7 Å². The molecule has 2 aromatic heterocycles. The Hall–Kier alpha value is -3.15. The monoisotopic (exact) mass is 447 g/mol. The van der Waals surface area contributed by atoms with Crippen molar-refractivity contribution >= 4 is 39.1 Å². The first-order valence-corrected chi connectivity index (χ1v) is 11.9. The van der Waals surface area contributed by atoms with Gasteiger partial charge in [-0.1, -0.05) is 18.2 Å². The van der Waals surface area contributed by atoms with Gasteiger partial charge < -0.3 is 15.2 Å². The average Bonchev–Trinajstić information content (AvgIpc) is 3.51. The third kappa shape index (κ3) is 4.01. The van der Waals surface area contributed by atoms with Crippen molar-refractivity contribution in [2.75, 3.05) is 38.0 Å². The number of carbonyl (C=O) groups excluding carboxylic acids is 2. The number of fused-ring (bicyclic) bond motifs is 2. The van der Waals surface area contributed by atoms with E-state index in [0.29, 0.717) is 42.3 Å². The van der Waals surface area contributed by atoms with Gasteiger partial charge in [-0.15, -0.1) is 11.3 Å². The molecule has 0 bridgehead atoms. The molecular weight excluding hydrogens is 422 g/mol. The molecule has 1 saturated heterocycles. The van der Waals surface area contributed by atoms with Gasteiger partial charge >= 0.3 is 0 Å². The fourth-order valence-electron chi connectivity index (χ4n) is 4.59. The summed E-state index contributed by atoms with van der Waals surface area (Å²) in [5.41, 5.74) is 3.37. The van der Waals surface area contributed by atoms with E-state index in [0.717, 1.165) is 48.8 Å². The summed E-state index contributed by atoms with van der Waals surface area (Å²) in [5, 5.41) is 14.2. The van der Waals surface area contributed by atoms with E-state index in [9.17, 15) is 14.9 Å². The average molecular weight is 448 g/mol. The van der Waals surface area contributed by atoms with Crippen molar-refractivity contribution in [1.29, 1.82) is 5.26 Å². The number of aryl methyl sites for hydroxylation is 1. The summed E-state index contributed by atoms with van der Waals surface area (Å²) in [6.07, 6.45) is 3.42. The number of hydrogen-bond acceptors (Lipinski definition) is 5. The Balaban J connectivity index is 1.11. The molecule has 3 heterocycles. The van der Waals surface area contributed by atoms with Crippen molar-refractivity contribution in [3.63, 3.8) is 0 Å². The Morgan fingerprint density at radius 1 is 1.16 bits per heavy atom. The number of benzene rings is 1. The first kappa shape index (κ1) is 20.7. The summed E-state index contributed by atoms with van der Waals surface area (Å²) in [7, 11) is 0. The molecule has 0 atom stereocenters. The maximum atomic E-state index is 12.9. The van der Waals surface area contributed by atoms with Crippen molar-refractivity contribution < 1.29 is 9.59 Å². The summed E-state index contributed by atoms with van der Waals surface area (Å²) in [4.78, 5) is 33.9. The Morgan fingerprint density at radius 2 is 1.97 bits per heavy atom. The molecule has 1 aliphatic heterocycles. The number of hydrogen-bond donors (Lipinski definition) is 2. The van der Waals surface area contributed by atoms with Gasteiger partial charge in [0.05, 0.1) is 5.56 Å². The number of anilines is 1. The molecule has 8 heteroatoms. The summed E-state index contributed by atoms with van der Waals surface area (Å²) >= 11 is 1.55. The molecule has 0 saturated carbocycles. The quantitative estimate of drug-likeness (QED) is 0.627. The maximum Gasteiger partial charge on any atom is 0.270 e. The largest absolute Gasteiger partial charge is 0.351 e. The summed E-state index contributed by atoms with van der Waals surface area (Å²) in [6.45, 7) is 3.43. The molecule has 164 valence electrons. The molecule has 1 aliphatic carbocycles. The number of nitrogens with one attached hydrogen (secondary N) is 2. The van der Waals surface area contributed by atoms with E-state index in [4.69, 9.17) is 0 Å². The standard InChI is InChI=1S/C24H25N5O2S/c25-15-18-17-5-3-7-21(17)32-23(18)27-22(30)8-9-28-10-12-29(13-11-28)24(31)20-14-16-4-1-2-6-19(16)26-20/h1-2,4,6,14,26H,3,5,7-13H2,(H,27,30). The Kier molecular flexibility index (Phi) is 5.68. The fraction of sp³-hybridized carbons (Fsp3) is 0.375. The molecular formula is C24H25N5O2S. The minimum atomic E-state index is -0.0574. The zero-order chi connectivity index (χ0) is 22.1. The fourth-order valence-corrected chi connectivity index (χ4v) is 5.85. The normalized spacial score (nSPS) is 16.2. The second-order valence-corrected chi connectivity index (χ2v) is 9.48. The minimum absolute atomic E-state index is 0.0216. The topological polar surface area (TPSA) is 92.2 Å². The van der Waals surface area contributed by atoms with Crippen LogP contribution in [0.25, 0.3) is 10.9 Å². The number of aromatic amines is 1. The minimum Gasteiger partial charge on any atom is -0.351 e. The SMILES string of the molecule is N#Cc1c(NC(=O)CCN2CCN(C(=O)c3cc4ccccc4[nH]3)CC2)sc2c1CCC2. The highest BCUT2D eigenvalue weighted by atomic mass is 32.1. The number of H-pyrrole nitrogens is 1. The third-order valence-corrected chi connectivity index (χ3v) is 7.57. The van der Waals surface area contributed by atoms with Crippen LogP contribution in [-0.4, -0.2) is 59.3 Å². The van der Waals surface area contributed by atoms with Crippen LogP contribution in [0.3, 0.4) is 0 Å². The zero-order valence-electron chi connectivity index (χ0n) is 17.8. The summed E-state index contributed by atoms with van der Waals surface area (Å²) < 4.78 is 0. The molecule has 0 spiro atoms. The molecule has 2 N–H and O–H groups in total. The zero-order valence-corrected chi connectivity index (χ0v) is 18.6. The first-order chi connectivity index (χ1) is 15.6. The molecule has 0 unspecified atom stereocenters. The highest BCUT2D eigenvalue weighted by Crippen LogP contribution is 2.38. The lowest BCUT2D eigenvalue weighted by molar-refractivity contribution is -0.116. The highest BCUT2D eigenvalue weighted by molar-refractivity contribution is 7.16. The van der Waals surface area contributed by atoms with Gasteiger partial charge in [0.25, 0.3) is 5.91 Å². The molecule has 1 aromatic carbocycles. The van der Waals surface area contributed by atoms with E-state index in [1.165, 1.54) is 4.88 Å². The second kappa shape index (κ2) is 8.77. The first-order valence-electron chi connectivity index (χ1n) is 11.1. The van der Waals surface area contributed by atoms with Crippen molar-refractivity contribution in [2.24, 2.45) is 0 Å². The van der Waals surface area contributed by atoms with Gasteiger partial charge in [0.2, 0.25) is 5.91 Å². The number of para-hydroxylation sites is 1. The van der Waals surface area contributed by atoms with E-state index in [1.54, 1.807) is 11.3 Å². The predicted octanol–water partition coefficient (Wildman–Crippen LogP) is 3.38. The van der Waals surface area contributed by atoms with Crippen LogP contribution in [0.15, 0.2) is 30.3 Å². The predicted molar refractivity (Wildman–Crippen MR) is 125 cm³/mol. The summed E-state index contributed by atoms with van der Waals surface area (Å²) in [5.74, 6) is -0.0358. The number of piperazine rings is 1. The summed E-state index contributed by atoms with van der Waals surface area (Å²) in [6, 6.07) is 12.1. The lowest BCUT2D eigenvalue weighted by Crippen LogP contribution is -2.49. The molecule has 1 fully saturated rings. The molecule has 2 aliphatic rings. The van der Waals surface area contributed by atoms with Crippen LogP contribution in [0.5, 0.6) is 0 Å². The van der Waals surface area contributed by atoms with Crippen LogP contribution in [0.4, 0.5) is 5.00 Å². The van der Waals surface area contributed by atoms with Crippen LogP contribution in [0, 0.1) is 11.3 Å². The highest BCUT2D eigenvalue weighted by Gasteiger charge is 2.25.